The quantitative estimate of drug-likeness (QED) is 0.849. The van der Waals surface area contributed by atoms with Gasteiger partial charge in [-0.3, -0.25) is 0 Å². The molecule has 0 bridgehead atoms. The van der Waals surface area contributed by atoms with Crippen LogP contribution in [-0.4, -0.2) is 15.9 Å². The van der Waals surface area contributed by atoms with Crippen molar-refractivity contribution in [1.29, 1.82) is 0 Å². The molecule has 1 aliphatic rings. The van der Waals surface area contributed by atoms with Crippen molar-refractivity contribution in [1.82, 2.24) is 9.78 Å². The summed E-state index contributed by atoms with van der Waals surface area (Å²) in [7, 11) is 0. The first kappa shape index (κ1) is 11.7. The molecule has 2 heterocycles. The Balaban J connectivity index is 1.83. The zero-order valence-electron chi connectivity index (χ0n) is 10.2. The van der Waals surface area contributed by atoms with Crippen LogP contribution in [-0.2, 0) is 0 Å². The molecule has 2 aromatic heterocycles. The number of halogens is 1. The van der Waals surface area contributed by atoms with Gasteiger partial charge in [0, 0.05) is 6.07 Å². The second-order valence-corrected chi connectivity index (χ2v) is 4.98. The predicted molar refractivity (Wildman–Crippen MR) is 68.5 cm³/mol. The van der Waals surface area contributed by atoms with E-state index in [0.717, 1.165) is 18.6 Å². The average molecular weight is 267 g/mol. The van der Waals surface area contributed by atoms with Gasteiger partial charge in [0.15, 0.2) is 10.9 Å². The minimum Gasteiger partial charge on any atom is -0.485 e. The van der Waals surface area contributed by atoms with Gasteiger partial charge in [-0.15, -0.1) is 0 Å². The summed E-state index contributed by atoms with van der Waals surface area (Å²) in [5, 5.41) is 4.68. The fourth-order valence-electron chi connectivity index (χ4n) is 2.27. The summed E-state index contributed by atoms with van der Waals surface area (Å²) in [6, 6.07) is 3.72. The Morgan fingerprint density at radius 3 is 2.83 bits per heavy atom. The van der Waals surface area contributed by atoms with E-state index in [0.29, 0.717) is 16.8 Å². The fourth-order valence-corrected chi connectivity index (χ4v) is 2.49. The smallest absolute Gasteiger partial charge is 0.221 e. The van der Waals surface area contributed by atoms with E-state index < -0.39 is 0 Å². The molecule has 0 unspecified atom stereocenters. The topological polar surface area (TPSA) is 40.2 Å². The lowest BCUT2D eigenvalue weighted by atomic mass is 10.3. The molecule has 0 amide bonds. The van der Waals surface area contributed by atoms with Crippen molar-refractivity contribution >= 4 is 11.6 Å². The Hall–Kier alpha value is -1.42. The van der Waals surface area contributed by atoms with E-state index in [2.05, 4.69) is 5.10 Å². The molecule has 0 saturated heterocycles. The molecule has 0 radical (unpaired) electrons. The van der Waals surface area contributed by atoms with Gasteiger partial charge in [0.25, 0.3) is 0 Å². The molecule has 0 spiro atoms. The van der Waals surface area contributed by atoms with E-state index >= 15 is 0 Å². The molecule has 3 rings (SSSR count). The number of ether oxygens (including phenoxy) is 1. The molecule has 96 valence electrons. The van der Waals surface area contributed by atoms with Crippen molar-refractivity contribution in [2.24, 2.45) is 0 Å². The number of aromatic nitrogens is 2. The van der Waals surface area contributed by atoms with Crippen LogP contribution in [0.25, 0.3) is 5.88 Å². The second kappa shape index (κ2) is 4.69. The average Bonchev–Trinajstić information content (AvgIpc) is 3.04. The Morgan fingerprint density at radius 1 is 1.39 bits per heavy atom. The van der Waals surface area contributed by atoms with Gasteiger partial charge < -0.3 is 9.15 Å². The molecule has 1 aliphatic carbocycles. The first-order valence-corrected chi connectivity index (χ1v) is 6.59. The molecule has 4 nitrogen and oxygen atoms in total. The van der Waals surface area contributed by atoms with Gasteiger partial charge in [-0.05, 0) is 38.7 Å². The highest BCUT2D eigenvalue weighted by Gasteiger charge is 2.20. The normalized spacial score (nSPS) is 16.3. The molecule has 1 saturated carbocycles. The molecule has 18 heavy (non-hydrogen) atoms. The van der Waals surface area contributed by atoms with E-state index in [9.17, 15) is 0 Å². The highest BCUT2D eigenvalue weighted by Crippen LogP contribution is 2.31. The maximum atomic E-state index is 6.26. The highest BCUT2D eigenvalue weighted by molar-refractivity contribution is 6.31. The first-order chi connectivity index (χ1) is 8.74. The van der Waals surface area contributed by atoms with E-state index in [1.54, 1.807) is 10.9 Å². The van der Waals surface area contributed by atoms with Crippen LogP contribution >= 0.6 is 11.6 Å². The van der Waals surface area contributed by atoms with Gasteiger partial charge in [-0.1, -0.05) is 11.6 Å². The van der Waals surface area contributed by atoms with Gasteiger partial charge in [0.2, 0.25) is 5.88 Å². The Morgan fingerprint density at radius 2 is 2.17 bits per heavy atom. The van der Waals surface area contributed by atoms with Crippen molar-refractivity contribution in [3.05, 3.63) is 29.2 Å². The van der Waals surface area contributed by atoms with Gasteiger partial charge >= 0.3 is 0 Å². The number of nitrogens with zero attached hydrogens (tertiary/aromatic N) is 2. The van der Waals surface area contributed by atoms with Gasteiger partial charge in [-0.25, -0.2) is 0 Å². The third-order valence-electron chi connectivity index (χ3n) is 3.21. The van der Waals surface area contributed by atoms with Crippen molar-refractivity contribution in [2.45, 2.75) is 38.7 Å². The fraction of sp³-hybridized carbons (Fsp3) is 0.462. The zero-order chi connectivity index (χ0) is 12.5. The Kier molecular flexibility index (Phi) is 3.04. The molecular formula is C13H15ClN2O2. The SMILES string of the molecule is Cc1ccc(-n2ncc(OC3CCCC3)c2Cl)o1. The minimum atomic E-state index is 0.276. The Bertz CT molecular complexity index is 541. The minimum absolute atomic E-state index is 0.276. The van der Waals surface area contributed by atoms with Crippen molar-refractivity contribution < 1.29 is 9.15 Å². The van der Waals surface area contributed by atoms with E-state index in [1.165, 1.54) is 12.8 Å². The molecule has 1 fully saturated rings. The summed E-state index contributed by atoms with van der Waals surface area (Å²) in [4.78, 5) is 0. The van der Waals surface area contributed by atoms with Crippen LogP contribution in [0.4, 0.5) is 0 Å². The van der Waals surface area contributed by atoms with E-state index in [1.807, 2.05) is 19.1 Å². The summed E-state index contributed by atoms with van der Waals surface area (Å²) in [5.74, 6) is 2.08. The third kappa shape index (κ3) is 2.12. The molecular weight excluding hydrogens is 252 g/mol. The number of hydrogen-bond acceptors (Lipinski definition) is 3. The maximum Gasteiger partial charge on any atom is 0.221 e. The van der Waals surface area contributed by atoms with Crippen molar-refractivity contribution in [3.8, 4) is 11.6 Å². The number of aryl methyl sites for hydroxylation is 1. The standard InChI is InChI=1S/C13H15ClN2O2/c1-9-6-7-12(17-9)16-13(14)11(8-15-16)18-10-4-2-3-5-10/h6-8,10H,2-5H2,1H3. The third-order valence-corrected chi connectivity index (χ3v) is 3.56. The summed E-state index contributed by atoms with van der Waals surface area (Å²) < 4.78 is 12.9. The zero-order valence-corrected chi connectivity index (χ0v) is 11.0. The van der Waals surface area contributed by atoms with Crippen LogP contribution in [0.15, 0.2) is 22.7 Å². The van der Waals surface area contributed by atoms with Crippen LogP contribution in [0.3, 0.4) is 0 Å². The highest BCUT2D eigenvalue weighted by atomic mass is 35.5. The van der Waals surface area contributed by atoms with Crippen LogP contribution in [0.1, 0.15) is 31.4 Å². The molecule has 0 atom stereocenters. The Labute approximate surface area is 110 Å². The molecule has 5 heteroatoms. The lowest BCUT2D eigenvalue weighted by Gasteiger charge is -2.11. The first-order valence-electron chi connectivity index (χ1n) is 6.21. The number of furan rings is 1. The molecule has 0 N–H and O–H groups in total. The summed E-state index contributed by atoms with van der Waals surface area (Å²) in [5.41, 5.74) is 0. The number of hydrogen-bond donors (Lipinski definition) is 0. The van der Waals surface area contributed by atoms with Gasteiger partial charge in [0.05, 0.1) is 12.3 Å². The lowest BCUT2D eigenvalue weighted by Crippen LogP contribution is -2.10. The van der Waals surface area contributed by atoms with E-state index in [-0.39, 0.29) is 6.10 Å². The van der Waals surface area contributed by atoms with Gasteiger partial charge in [0.1, 0.15) is 5.76 Å². The van der Waals surface area contributed by atoms with Crippen LogP contribution in [0.2, 0.25) is 5.15 Å². The van der Waals surface area contributed by atoms with Crippen molar-refractivity contribution in [3.63, 3.8) is 0 Å². The van der Waals surface area contributed by atoms with Crippen molar-refractivity contribution in [2.75, 3.05) is 0 Å². The molecule has 0 aliphatic heterocycles. The predicted octanol–water partition coefficient (Wildman–Crippen LogP) is 3.75. The maximum absolute atomic E-state index is 6.26. The summed E-state index contributed by atoms with van der Waals surface area (Å²) in [6.45, 7) is 1.89. The van der Waals surface area contributed by atoms with Crippen LogP contribution in [0.5, 0.6) is 5.75 Å². The lowest BCUT2D eigenvalue weighted by molar-refractivity contribution is 0.210. The summed E-state index contributed by atoms with van der Waals surface area (Å²) >= 11 is 6.26. The molecule has 2 aromatic rings. The van der Waals surface area contributed by atoms with E-state index in [4.69, 9.17) is 20.8 Å². The van der Waals surface area contributed by atoms with Crippen LogP contribution in [0, 0.1) is 6.92 Å². The number of rotatable bonds is 3. The largest absolute Gasteiger partial charge is 0.485 e. The summed E-state index contributed by atoms with van der Waals surface area (Å²) in [6.07, 6.45) is 6.58. The molecule has 0 aromatic carbocycles. The second-order valence-electron chi connectivity index (χ2n) is 4.62. The van der Waals surface area contributed by atoms with Crippen LogP contribution < -0.4 is 4.74 Å². The van der Waals surface area contributed by atoms with Gasteiger partial charge in [-0.2, -0.15) is 9.78 Å². The monoisotopic (exact) mass is 266 g/mol.